The van der Waals surface area contributed by atoms with E-state index in [1.807, 2.05) is 6.92 Å². The Kier molecular flexibility index (Phi) is 3.35. The van der Waals surface area contributed by atoms with Crippen molar-refractivity contribution in [1.82, 2.24) is 14.5 Å². The van der Waals surface area contributed by atoms with Crippen LogP contribution in [0.25, 0.3) is 0 Å². The number of nitrogens with one attached hydrogen (secondary N) is 1. The molecule has 1 aromatic rings. The van der Waals surface area contributed by atoms with Gasteiger partial charge in [0.15, 0.2) is 5.82 Å². The third-order valence-electron chi connectivity index (χ3n) is 3.26. The molecule has 0 aromatic carbocycles. The van der Waals surface area contributed by atoms with Crippen LogP contribution in [0.4, 0.5) is 5.82 Å². The molecule has 2 heterocycles. The van der Waals surface area contributed by atoms with Gasteiger partial charge in [-0.15, -0.1) is 0 Å². The van der Waals surface area contributed by atoms with Gasteiger partial charge in [0.2, 0.25) is 10.0 Å². The summed E-state index contributed by atoms with van der Waals surface area (Å²) in [5.74, 6) is 0.0223. The Hall–Kier alpha value is -1.12. The molecule has 2 unspecified atom stereocenters. The first-order valence-corrected chi connectivity index (χ1v) is 7.24. The molecular weight excluding hydrogens is 256 g/mol. The highest BCUT2D eigenvalue weighted by Gasteiger charge is 2.32. The van der Waals surface area contributed by atoms with Crippen molar-refractivity contribution < 1.29 is 13.2 Å². The summed E-state index contributed by atoms with van der Waals surface area (Å²) in [7, 11) is -2.00. The van der Waals surface area contributed by atoms with Crippen LogP contribution in [-0.2, 0) is 21.8 Å². The van der Waals surface area contributed by atoms with Crippen molar-refractivity contribution in [3.05, 3.63) is 5.69 Å². The molecule has 0 amide bonds. The van der Waals surface area contributed by atoms with Gasteiger partial charge in [-0.3, -0.25) is 4.68 Å². The molecule has 2 rings (SSSR count). The van der Waals surface area contributed by atoms with E-state index in [2.05, 4.69) is 9.82 Å². The van der Waals surface area contributed by atoms with Gasteiger partial charge in [0, 0.05) is 13.7 Å². The molecule has 1 aliphatic heterocycles. The van der Waals surface area contributed by atoms with Crippen molar-refractivity contribution in [2.24, 2.45) is 7.05 Å². The van der Waals surface area contributed by atoms with Gasteiger partial charge in [-0.25, -0.2) is 13.1 Å². The van der Waals surface area contributed by atoms with E-state index < -0.39 is 10.0 Å². The van der Waals surface area contributed by atoms with Crippen LogP contribution >= 0.6 is 0 Å². The van der Waals surface area contributed by atoms with Crippen LogP contribution in [0.5, 0.6) is 0 Å². The highest BCUT2D eigenvalue weighted by atomic mass is 32.2. The second kappa shape index (κ2) is 4.52. The molecule has 7 nitrogen and oxygen atoms in total. The van der Waals surface area contributed by atoms with Gasteiger partial charge in [-0.2, -0.15) is 5.10 Å². The second-order valence-corrected chi connectivity index (χ2v) is 6.17. The molecule has 1 saturated heterocycles. The number of rotatable bonds is 3. The number of nitrogen functional groups attached to an aromatic ring is 1. The molecule has 1 aliphatic rings. The van der Waals surface area contributed by atoms with Crippen LogP contribution in [0.2, 0.25) is 0 Å². The fraction of sp³-hybridized carbons (Fsp3) is 0.700. The summed E-state index contributed by atoms with van der Waals surface area (Å²) < 4.78 is 34.0. The minimum absolute atomic E-state index is 0.0223. The van der Waals surface area contributed by atoms with E-state index in [1.54, 1.807) is 14.0 Å². The average molecular weight is 274 g/mol. The van der Waals surface area contributed by atoms with Gasteiger partial charge in [-0.05, 0) is 20.3 Å². The van der Waals surface area contributed by atoms with Crippen molar-refractivity contribution >= 4 is 15.8 Å². The number of nitrogens with zero attached hydrogens (tertiary/aromatic N) is 2. The highest BCUT2D eigenvalue weighted by molar-refractivity contribution is 7.89. The summed E-state index contributed by atoms with van der Waals surface area (Å²) in [5.41, 5.74) is 6.17. The van der Waals surface area contributed by atoms with E-state index >= 15 is 0 Å². The van der Waals surface area contributed by atoms with E-state index in [9.17, 15) is 8.42 Å². The van der Waals surface area contributed by atoms with Gasteiger partial charge in [0.25, 0.3) is 0 Å². The summed E-state index contributed by atoms with van der Waals surface area (Å²) in [4.78, 5) is 0.0594. The molecule has 0 aliphatic carbocycles. The SMILES string of the molecule is Cc1c(S(=O)(=O)NC2CCOC2C)c(N)nn1C. The maximum Gasteiger partial charge on any atom is 0.246 e. The predicted octanol–water partition coefficient (Wildman–Crippen LogP) is -0.234. The normalized spacial score (nSPS) is 24.6. The van der Waals surface area contributed by atoms with Crippen LogP contribution < -0.4 is 10.5 Å². The quantitative estimate of drug-likeness (QED) is 0.793. The third kappa shape index (κ3) is 2.23. The first kappa shape index (κ1) is 13.3. The van der Waals surface area contributed by atoms with Gasteiger partial charge >= 0.3 is 0 Å². The molecule has 8 heteroatoms. The number of anilines is 1. The molecule has 0 radical (unpaired) electrons. The van der Waals surface area contributed by atoms with E-state index in [4.69, 9.17) is 10.5 Å². The van der Waals surface area contributed by atoms with Crippen molar-refractivity contribution in [3.8, 4) is 0 Å². The number of aryl methyl sites for hydroxylation is 1. The minimum Gasteiger partial charge on any atom is -0.381 e. The van der Waals surface area contributed by atoms with Gasteiger partial charge in [-0.1, -0.05) is 0 Å². The standard InChI is InChI=1S/C10H18N4O3S/c1-6-9(10(11)12-14(6)3)18(15,16)13-8-4-5-17-7(8)2/h7-8,13H,4-5H2,1-3H3,(H2,11,12). The zero-order valence-corrected chi connectivity index (χ0v) is 11.5. The van der Waals surface area contributed by atoms with Gasteiger partial charge < -0.3 is 10.5 Å². The summed E-state index contributed by atoms with van der Waals surface area (Å²) in [6, 6.07) is -0.214. The predicted molar refractivity (Wildman–Crippen MR) is 66.5 cm³/mol. The smallest absolute Gasteiger partial charge is 0.246 e. The first-order valence-electron chi connectivity index (χ1n) is 5.76. The maximum absolute atomic E-state index is 12.3. The molecule has 0 spiro atoms. The molecule has 3 N–H and O–H groups in total. The molecule has 102 valence electrons. The van der Waals surface area contributed by atoms with Crippen molar-refractivity contribution in [1.29, 1.82) is 0 Å². The average Bonchev–Trinajstić information content (AvgIpc) is 2.73. The van der Waals surface area contributed by atoms with E-state index in [-0.39, 0.29) is 22.9 Å². The zero-order chi connectivity index (χ0) is 13.5. The Balaban J connectivity index is 2.31. The highest BCUT2D eigenvalue weighted by Crippen LogP contribution is 2.23. The van der Waals surface area contributed by atoms with Crippen LogP contribution in [0, 0.1) is 6.92 Å². The first-order chi connectivity index (χ1) is 8.33. The fourth-order valence-corrected chi connectivity index (χ4v) is 3.75. The number of nitrogens with two attached hydrogens (primary N) is 1. The van der Waals surface area contributed by atoms with E-state index in [0.29, 0.717) is 18.7 Å². The third-order valence-corrected chi connectivity index (χ3v) is 4.91. The van der Waals surface area contributed by atoms with Crippen molar-refractivity contribution in [3.63, 3.8) is 0 Å². The summed E-state index contributed by atoms with van der Waals surface area (Å²) >= 11 is 0. The lowest BCUT2D eigenvalue weighted by molar-refractivity contribution is 0.117. The van der Waals surface area contributed by atoms with Crippen LogP contribution in [0.3, 0.4) is 0 Å². The molecule has 2 atom stereocenters. The number of hydrogen-bond donors (Lipinski definition) is 2. The van der Waals surface area contributed by atoms with Crippen LogP contribution in [0.15, 0.2) is 4.90 Å². The molecule has 0 saturated carbocycles. The van der Waals surface area contributed by atoms with E-state index in [1.165, 1.54) is 4.68 Å². The lowest BCUT2D eigenvalue weighted by Crippen LogP contribution is -2.39. The van der Waals surface area contributed by atoms with Crippen LogP contribution in [0.1, 0.15) is 19.0 Å². The minimum atomic E-state index is -3.66. The molecule has 18 heavy (non-hydrogen) atoms. The summed E-state index contributed by atoms with van der Waals surface area (Å²) in [6.07, 6.45) is 0.539. The molecular formula is C10H18N4O3S. The summed E-state index contributed by atoms with van der Waals surface area (Å²) in [5, 5.41) is 3.91. The topological polar surface area (TPSA) is 99.2 Å². The summed E-state index contributed by atoms with van der Waals surface area (Å²) in [6.45, 7) is 4.09. The molecule has 1 fully saturated rings. The lowest BCUT2D eigenvalue weighted by Gasteiger charge is -2.16. The van der Waals surface area contributed by atoms with Crippen molar-refractivity contribution in [2.45, 2.75) is 37.3 Å². The fourth-order valence-electron chi connectivity index (χ4n) is 2.09. The zero-order valence-electron chi connectivity index (χ0n) is 10.7. The number of hydrogen-bond acceptors (Lipinski definition) is 5. The van der Waals surface area contributed by atoms with Crippen LogP contribution in [-0.4, -0.2) is 37.0 Å². The maximum atomic E-state index is 12.3. The Morgan fingerprint density at radius 2 is 2.22 bits per heavy atom. The lowest BCUT2D eigenvalue weighted by atomic mass is 10.2. The van der Waals surface area contributed by atoms with E-state index in [0.717, 1.165) is 0 Å². The van der Waals surface area contributed by atoms with Gasteiger partial charge in [0.05, 0.1) is 17.8 Å². The monoisotopic (exact) mass is 274 g/mol. The molecule has 1 aromatic heterocycles. The number of sulfonamides is 1. The Bertz CT molecular complexity index is 552. The Morgan fingerprint density at radius 1 is 1.56 bits per heavy atom. The second-order valence-electron chi connectivity index (χ2n) is 4.52. The van der Waals surface area contributed by atoms with Gasteiger partial charge in [0.1, 0.15) is 4.90 Å². The van der Waals surface area contributed by atoms with Crippen molar-refractivity contribution in [2.75, 3.05) is 12.3 Å². The number of aromatic nitrogens is 2. The number of ether oxygens (including phenoxy) is 1. The molecule has 0 bridgehead atoms. The largest absolute Gasteiger partial charge is 0.381 e. The Morgan fingerprint density at radius 3 is 2.67 bits per heavy atom. The Labute approximate surface area is 106 Å².